The van der Waals surface area contributed by atoms with Gasteiger partial charge in [-0.25, -0.2) is 4.39 Å². The zero-order valence-electron chi connectivity index (χ0n) is 10.7. The van der Waals surface area contributed by atoms with Crippen molar-refractivity contribution in [2.75, 3.05) is 13.6 Å². The van der Waals surface area contributed by atoms with Gasteiger partial charge in [0.1, 0.15) is 5.82 Å². The number of carbonyl (C=O) groups is 1. The van der Waals surface area contributed by atoms with Crippen LogP contribution in [0.5, 0.6) is 0 Å². The van der Waals surface area contributed by atoms with Crippen molar-refractivity contribution in [2.45, 2.75) is 26.3 Å². The van der Waals surface area contributed by atoms with Crippen LogP contribution in [0.15, 0.2) is 18.2 Å². The molecular weight excluding hydrogens is 219 g/mol. The second kappa shape index (κ2) is 4.84. The molecule has 4 heteroatoms. The van der Waals surface area contributed by atoms with Gasteiger partial charge in [-0.2, -0.15) is 0 Å². The summed E-state index contributed by atoms with van der Waals surface area (Å²) in [6.07, 6.45) is 0. The lowest BCUT2D eigenvalue weighted by molar-refractivity contribution is 0.0639. The molecule has 0 fully saturated rings. The number of rotatable bonds is 3. The summed E-state index contributed by atoms with van der Waals surface area (Å²) in [4.78, 5) is 13.8. The van der Waals surface area contributed by atoms with Crippen LogP contribution in [0.25, 0.3) is 0 Å². The van der Waals surface area contributed by atoms with Crippen LogP contribution in [0.1, 0.15) is 29.8 Å². The molecule has 94 valence electrons. The summed E-state index contributed by atoms with van der Waals surface area (Å²) in [5, 5.41) is 0. The van der Waals surface area contributed by atoms with E-state index in [2.05, 4.69) is 0 Å². The molecule has 0 saturated heterocycles. The Bertz CT molecular complexity index is 429. The minimum absolute atomic E-state index is 0.141. The van der Waals surface area contributed by atoms with Gasteiger partial charge in [-0.3, -0.25) is 4.79 Å². The normalized spacial score (nSPS) is 11.4. The largest absolute Gasteiger partial charge is 0.335 e. The number of nitrogens with two attached hydrogens (primary N) is 1. The maximum absolute atomic E-state index is 13.0. The molecule has 0 atom stereocenters. The third-order valence-corrected chi connectivity index (χ3v) is 3.13. The van der Waals surface area contributed by atoms with Crippen molar-refractivity contribution < 1.29 is 9.18 Å². The van der Waals surface area contributed by atoms with Crippen LogP contribution >= 0.6 is 0 Å². The Kier molecular flexibility index (Phi) is 3.88. The highest BCUT2D eigenvalue weighted by Gasteiger charge is 2.27. The number of amides is 1. The highest BCUT2D eigenvalue weighted by molar-refractivity contribution is 5.95. The molecule has 0 aliphatic rings. The fourth-order valence-electron chi connectivity index (χ4n) is 1.46. The number of benzene rings is 1. The fourth-order valence-corrected chi connectivity index (χ4v) is 1.46. The number of hydrogen-bond acceptors (Lipinski definition) is 2. The van der Waals surface area contributed by atoms with E-state index < -0.39 is 5.54 Å². The molecule has 0 unspecified atom stereocenters. The molecule has 1 rings (SSSR count). The van der Waals surface area contributed by atoms with Crippen LogP contribution in [0.4, 0.5) is 4.39 Å². The van der Waals surface area contributed by atoms with E-state index in [9.17, 15) is 9.18 Å². The number of carbonyl (C=O) groups excluding carboxylic acids is 1. The first kappa shape index (κ1) is 13.6. The van der Waals surface area contributed by atoms with Crippen LogP contribution in [0.2, 0.25) is 0 Å². The number of likely N-dealkylation sites (N-methyl/N-ethyl adjacent to an activating group) is 1. The molecule has 0 aromatic heterocycles. The SMILES string of the molecule is Cc1cc(F)ccc1C(=O)N(C)C(C)(C)CN. The van der Waals surface area contributed by atoms with Crippen molar-refractivity contribution in [2.24, 2.45) is 5.73 Å². The van der Waals surface area contributed by atoms with E-state index in [-0.39, 0.29) is 11.7 Å². The van der Waals surface area contributed by atoms with Crippen molar-refractivity contribution in [3.05, 3.63) is 35.1 Å². The first-order valence-corrected chi connectivity index (χ1v) is 5.54. The van der Waals surface area contributed by atoms with E-state index in [4.69, 9.17) is 5.73 Å². The molecule has 0 aliphatic carbocycles. The summed E-state index contributed by atoms with van der Waals surface area (Å²) in [5.41, 5.74) is 6.36. The van der Waals surface area contributed by atoms with Gasteiger partial charge in [0.15, 0.2) is 0 Å². The number of aryl methyl sites for hydroxylation is 1. The van der Waals surface area contributed by atoms with E-state index in [1.807, 2.05) is 13.8 Å². The summed E-state index contributed by atoms with van der Waals surface area (Å²) < 4.78 is 13.0. The molecule has 0 heterocycles. The van der Waals surface area contributed by atoms with Crippen LogP contribution in [0.3, 0.4) is 0 Å². The number of halogens is 1. The summed E-state index contributed by atoms with van der Waals surface area (Å²) in [5.74, 6) is -0.474. The average molecular weight is 238 g/mol. The Labute approximate surface area is 101 Å². The van der Waals surface area contributed by atoms with Gasteiger partial charge in [-0.15, -0.1) is 0 Å². The third kappa shape index (κ3) is 2.82. The third-order valence-electron chi connectivity index (χ3n) is 3.13. The van der Waals surface area contributed by atoms with E-state index in [0.717, 1.165) is 0 Å². The van der Waals surface area contributed by atoms with Gasteiger partial charge < -0.3 is 10.6 Å². The Hall–Kier alpha value is -1.42. The Balaban J connectivity index is 3.05. The van der Waals surface area contributed by atoms with Crippen LogP contribution in [-0.4, -0.2) is 29.9 Å². The molecule has 0 aliphatic heterocycles. The Morgan fingerprint density at radius 2 is 2.06 bits per heavy atom. The van der Waals surface area contributed by atoms with Crippen molar-refractivity contribution in [3.63, 3.8) is 0 Å². The fraction of sp³-hybridized carbons (Fsp3) is 0.462. The molecule has 0 saturated carbocycles. The minimum atomic E-state index is -0.419. The molecule has 0 bridgehead atoms. The highest BCUT2D eigenvalue weighted by Crippen LogP contribution is 2.17. The molecule has 0 spiro atoms. The Morgan fingerprint density at radius 1 is 1.47 bits per heavy atom. The molecule has 1 aromatic rings. The number of hydrogen-bond donors (Lipinski definition) is 1. The smallest absolute Gasteiger partial charge is 0.254 e. The lowest BCUT2D eigenvalue weighted by Crippen LogP contribution is -2.50. The second-order valence-electron chi connectivity index (χ2n) is 4.84. The zero-order chi connectivity index (χ0) is 13.2. The molecule has 0 radical (unpaired) electrons. The van der Waals surface area contributed by atoms with E-state index >= 15 is 0 Å². The predicted octanol–water partition coefficient (Wildman–Crippen LogP) is 1.94. The van der Waals surface area contributed by atoms with Crippen LogP contribution < -0.4 is 5.73 Å². The van der Waals surface area contributed by atoms with Crippen LogP contribution in [0, 0.1) is 12.7 Å². The lowest BCUT2D eigenvalue weighted by Gasteiger charge is -2.34. The molecule has 1 amide bonds. The summed E-state index contributed by atoms with van der Waals surface area (Å²) >= 11 is 0. The summed E-state index contributed by atoms with van der Waals surface area (Å²) in [7, 11) is 1.71. The van der Waals surface area contributed by atoms with Gasteiger partial charge in [-0.05, 0) is 44.5 Å². The quantitative estimate of drug-likeness (QED) is 0.874. The lowest BCUT2D eigenvalue weighted by atomic mass is 10.0. The standard InChI is InChI=1S/C13H19FN2O/c1-9-7-10(14)5-6-11(9)12(17)16(4)13(2,3)8-15/h5-7H,8,15H2,1-4H3. The van der Waals surface area contributed by atoms with E-state index in [1.165, 1.54) is 18.2 Å². The van der Waals surface area contributed by atoms with Crippen molar-refractivity contribution in [1.82, 2.24) is 4.90 Å². The topological polar surface area (TPSA) is 46.3 Å². The first-order valence-electron chi connectivity index (χ1n) is 5.54. The van der Waals surface area contributed by atoms with Crippen molar-refractivity contribution in [1.29, 1.82) is 0 Å². The summed E-state index contributed by atoms with van der Waals surface area (Å²) in [6, 6.07) is 4.16. The van der Waals surface area contributed by atoms with Gasteiger partial charge in [0.05, 0.1) is 0 Å². The predicted molar refractivity (Wildman–Crippen MR) is 66.4 cm³/mol. The molecular formula is C13H19FN2O. The maximum Gasteiger partial charge on any atom is 0.254 e. The van der Waals surface area contributed by atoms with Crippen molar-refractivity contribution >= 4 is 5.91 Å². The Morgan fingerprint density at radius 3 is 2.53 bits per heavy atom. The van der Waals surface area contributed by atoms with Gasteiger partial charge in [0.25, 0.3) is 5.91 Å². The van der Waals surface area contributed by atoms with Crippen LogP contribution in [-0.2, 0) is 0 Å². The van der Waals surface area contributed by atoms with Gasteiger partial charge in [0, 0.05) is 24.7 Å². The van der Waals surface area contributed by atoms with E-state index in [0.29, 0.717) is 17.7 Å². The highest BCUT2D eigenvalue weighted by atomic mass is 19.1. The minimum Gasteiger partial charge on any atom is -0.335 e. The molecule has 3 nitrogen and oxygen atoms in total. The zero-order valence-corrected chi connectivity index (χ0v) is 10.7. The monoisotopic (exact) mass is 238 g/mol. The average Bonchev–Trinajstić information content (AvgIpc) is 2.27. The van der Waals surface area contributed by atoms with Gasteiger partial charge in [0.2, 0.25) is 0 Å². The summed E-state index contributed by atoms with van der Waals surface area (Å²) in [6.45, 7) is 5.88. The number of nitrogens with zero attached hydrogens (tertiary/aromatic N) is 1. The molecule has 1 aromatic carbocycles. The van der Waals surface area contributed by atoms with E-state index in [1.54, 1.807) is 18.9 Å². The van der Waals surface area contributed by atoms with Gasteiger partial charge in [-0.1, -0.05) is 0 Å². The second-order valence-corrected chi connectivity index (χ2v) is 4.84. The molecule has 17 heavy (non-hydrogen) atoms. The molecule has 2 N–H and O–H groups in total. The van der Waals surface area contributed by atoms with Crippen molar-refractivity contribution in [3.8, 4) is 0 Å². The van der Waals surface area contributed by atoms with Gasteiger partial charge >= 0.3 is 0 Å². The maximum atomic E-state index is 13.0. The first-order chi connectivity index (χ1) is 7.79.